The van der Waals surface area contributed by atoms with Crippen LogP contribution in [0.25, 0.3) is 5.82 Å². The number of carboxylic acids is 1. The number of carbonyl (C=O) groups is 2. The smallest absolute Gasteiger partial charge is 0.416 e. The number of anilines is 5. The molecule has 0 unspecified atom stereocenters. The van der Waals surface area contributed by atoms with Crippen LogP contribution in [0.5, 0.6) is 0 Å². The summed E-state index contributed by atoms with van der Waals surface area (Å²) in [5, 5.41) is 22.9. The van der Waals surface area contributed by atoms with Crippen LogP contribution >= 0.6 is 0 Å². The number of nitrogens with one attached hydrogen (secondary N) is 3. The number of carbonyl (C=O) groups excluding carboxylic acids is 1. The fourth-order valence-corrected chi connectivity index (χ4v) is 5.15. The number of amides is 1. The summed E-state index contributed by atoms with van der Waals surface area (Å²) >= 11 is 0. The number of carboxylic acid groups (broad SMARTS) is 1. The molecule has 4 N–H and O–H groups in total. The lowest BCUT2D eigenvalue weighted by molar-refractivity contribution is -0.142. The zero-order chi connectivity index (χ0) is 33.2. The van der Waals surface area contributed by atoms with Gasteiger partial charge in [0.1, 0.15) is 24.0 Å². The number of aryl methyl sites for hydroxylation is 2. The topological polar surface area (TPSA) is 141 Å². The first-order valence-electron chi connectivity index (χ1n) is 14.5. The predicted octanol–water partition coefficient (Wildman–Crippen LogP) is 4.93. The van der Waals surface area contributed by atoms with Crippen molar-refractivity contribution in [3.63, 3.8) is 0 Å². The number of alkyl halides is 3. The first-order chi connectivity index (χ1) is 21.8. The standard InChI is InChI=1S/C31H34F3N9O3/c1-18-5-6-23(15-25(18)39-28-11-19(2)40-43(28)27-16-26(35-4)36-17-37-27)38-29(44)21-12-22(31(32,33)34)14-24(13-21)42-9-7-41(8-10-42)20(3)30(45)46/h5-6,11-17,20,39H,7-10H2,1-4H3,(H,38,44)(H,45,46)(H,35,36,37)/t20-/m0/s1. The number of benzene rings is 2. The van der Waals surface area contributed by atoms with Gasteiger partial charge >= 0.3 is 12.1 Å². The van der Waals surface area contributed by atoms with E-state index in [-0.39, 0.29) is 11.3 Å². The number of hydrogen-bond acceptors (Lipinski definition) is 9. The quantitative estimate of drug-likeness (QED) is 0.200. The van der Waals surface area contributed by atoms with Crippen molar-refractivity contribution in [1.82, 2.24) is 24.6 Å². The van der Waals surface area contributed by atoms with Gasteiger partial charge in [0.05, 0.1) is 11.3 Å². The van der Waals surface area contributed by atoms with E-state index in [0.717, 1.165) is 23.4 Å². The van der Waals surface area contributed by atoms with E-state index in [1.807, 2.05) is 19.9 Å². The average molecular weight is 638 g/mol. The number of aromatic nitrogens is 4. The Labute approximate surface area is 263 Å². The molecule has 2 aromatic heterocycles. The zero-order valence-electron chi connectivity index (χ0n) is 25.7. The molecule has 3 heterocycles. The van der Waals surface area contributed by atoms with Gasteiger partial charge in [0.2, 0.25) is 0 Å². The monoisotopic (exact) mass is 637 g/mol. The summed E-state index contributed by atoms with van der Waals surface area (Å²) < 4.78 is 43.4. The van der Waals surface area contributed by atoms with Gasteiger partial charge in [-0.2, -0.15) is 23.0 Å². The van der Waals surface area contributed by atoms with Crippen molar-refractivity contribution in [2.45, 2.75) is 33.0 Å². The minimum Gasteiger partial charge on any atom is -0.480 e. The van der Waals surface area contributed by atoms with E-state index in [1.165, 1.54) is 12.4 Å². The highest BCUT2D eigenvalue weighted by Crippen LogP contribution is 2.34. The fourth-order valence-electron chi connectivity index (χ4n) is 5.15. The third kappa shape index (κ3) is 7.20. The van der Waals surface area contributed by atoms with E-state index < -0.39 is 29.7 Å². The van der Waals surface area contributed by atoms with Crippen LogP contribution in [-0.2, 0) is 11.0 Å². The van der Waals surface area contributed by atoms with Gasteiger partial charge < -0.3 is 26.0 Å². The van der Waals surface area contributed by atoms with Crippen molar-refractivity contribution in [3.05, 3.63) is 77.2 Å². The van der Waals surface area contributed by atoms with E-state index in [2.05, 4.69) is 31.0 Å². The van der Waals surface area contributed by atoms with Crippen molar-refractivity contribution >= 4 is 40.6 Å². The number of nitrogens with zero attached hydrogens (tertiary/aromatic N) is 6. The van der Waals surface area contributed by atoms with Crippen LogP contribution in [0.15, 0.2) is 54.9 Å². The summed E-state index contributed by atoms with van der Waals surface area (Å²) in [6.07, 6.45) is -3.26. The second-order valence-electron chi connectivity index (χ2n) is 11.0. The summed E-state index contributed by atoms with van der Waals surface area (Å²) in [6.45, 7) is 6.63. The Kier molecular flexibility index (Phi) is 9.14. The number of hydrogen-bond donors (Lipinski definition) is 4. The molecular weight excluding hydrogens is 603 g/mol. The van der Waals surface area contributed by atoms with E-state index in [1.54, 1.807) is 52.7 Å². The molecule has 0 saturated carbocycles. The normalized spacial score (nSPS) is 14.5. The summed E-state index contributed by atoms with van der Waals surface area (Å²) in [5.41, 5.74) is 1.72. The maximum atomic E-state index is 13.9. The van der Waals surface area contributed by atoms with Crippen LogP contribution in [0, 0.1) is 13.8 Å². The maximum Gasteiger partial charge on any atom is 0.416 e. The van der Waals surface area contributed by atoms with Crippen LogP contribution < -0.4 is 20.9 Å². The zero-order valence-corrected chi connectivity index (χ0v) is 25.7. The lowest BCUT2D eigenvalue weighted by atomic mass is 10.1. The highest BCUT2D eigenvalue weighted by Gasteiger charge is 2.33. The second-order valence-corrected chi connectivity index (χ2v) is 11.0. The molecule has 1 aliphatic rings. The number of aliphatic carboxylic acids is 1. The van der Waals surface area contributed by atoms with Crippen molar-refractivity contribution < 1.29 is 27.9 Å². The van der Waals surface area contributed by atoms with Crippen molar-refractivity contribution in [1.29, 1.82) is 0 Å². The minimum absolute atomic E-state index is 0.154. The van der Waals surface area contributed by atoms with Crippen molar-refractivity contribution in [2.75, 3.05) is 54.1 Å². The SMILES string of the molecule is CNc1cc(-n2nc(C)cc2Nc2cc(NC(=O)c3cc(N4CCN([C@@H](C)C(=O)O)CC4)cc(C(F)(F)F)c3)ccc2C)ncn1. The predicted molar refractivity (Wildman–Crippen MR) is 168 cm³/mol. The van der Waals surface area contributed by atoms with Gasteiger partial charge in [-0.05, 0) is 56.7 Å². The summed E-state index contributed by atoms with van der Waals surface area (Å²) in [7, 11) is 1.74. The Bertz CT molecular complexity index is 1750. The largest absolute Gasteiger partial charge is 0.480 e. The molecule has 1 atom stereocenters. The van der Waals surface area contributed by atoms with Crippen molar-refractivity contribution in [2.24, 2.45) is 0 Å². The van der Waals surface area contributed by atoms with Gasteiger partial charge in [-0.3, -0.25) is 14.5 Å². The molecule has 4 aromatic rings. The Morgan fingerprint density at radius 1 is 0.978 bits per heavy atom. The molecule has 15 heteroatoms. The number of halogens is 3. The highest BCUT2D eigenvalue weighted by atomic mass is 19.4. The third-order valence-corrected chi connectivity index (χ3v) is 7.81. The number of piperazine rings is 1. The van der Waals surface area contributed by atoms with E-state index in [9.17, 15) is 27.9 Å². The van der Waals surface area contributed by atoms with Gasteiger partial charge in [-0.25, -0.2) is 9.97 Å². The third-order valence-electron chi connectivity index (χ3n) is 7.81. The molecule has 2 aromatic carbocycles. The van der Waals surface area contributed by atoms with Crippen LogP contribution in [0.2, 0.25) is 0 Å². The first kappa shape index (κ1) is 32.2. The van der Waals surface area contributed by atoms with Crippen molar-refractivity contribution in [3.8, 4) is 5.82 Å². The van der Waals surface area contributed by atoms with Gasteiger partial charge in [0.25, 0.3) is 5.91 Å². The molecule has 0 radical (unpaired) electrons. The molecule has 1 saturated heterocycles. The van der Waals surface area contributed by atoms with E-state index in [4.69, 9.17) is 0 Å². The summed E-state index contributed by atoms with van der Waals surface area (Å²) in [5.74, 6) is 0.0653. The highest BCUT2D eigenvalue weighted by molar-refractivity contribution is 6.05. The molecule has 46 heavy (non-hydrogen) atoms. The van der Waals surface area contributed by atoms with Gasteiger partial charge in [0.15, 0.2) is 5.82 Å². The lowest BCUT2D eigenvalue weighted by Gasteiger charge is -2.38. The molecule has 0 bridgehead atoms. The van der Waals surface area contributed by atoms with Crippen LogP contribution in [0.1, 0.15) is 34.1 Å². The number of rotatable bonds is 9. The molecule has 1 fully saturated rings. The van der Waals surface area contributed by atoms with Crippen LogP contribution in [-0.4, -0.2) is 80.9 Å². The average Bonchev–Trinajstić information content (AvgIpc) is 3.41. The second kappa shape index (κ2) is 13.0. The molecule has 0 aliphatic carbocycles. The van der Waals surface area contributed by atoms with E-state index in [0.29, 0.717) is 55.0 Å². The molecule has 5 rings (SSSR count). The van der Waals surface area contributed by atoms with Gasteiger partial charge in [-0.1, -0.05) is 6.07 Å². The molecule has 1 amide bonds. The minimum atomic E-state index is -4.68. The molecule has 12 nitrogen and oxygen atoms in total. The molecule has 1 aliphatic heterocycles. The Morgan fingerprint density at radius 2 is 1.72 bits per heavy atom. The molecule has 0 spiro atoms. The molecular formula is C31H34F3N9O3. The van der Waals surface area contributed by atoms with E-state index >= 15 is 0 Å². The fraction of sp³-hybridized carbons (Fsp3) is 0.323. The Hall–Kier alpha value is -5.18. The van der Waals surface area contributed by atoms with Crippen LogP contribution in [0.4, 0.5) is 41.9 Å². The Balaban J connectivity index is 1.38. The Morgan fingerprint density at radius 3 is 2.39 bits per heavy atom. The maximum absolute atomic E-state index is 13.9. The summed E-state index contributed by atoms with van der Waals surface area (Å²) in [4.78, 5) is 36.7. The van der Waals surface area contributed by atoms with Gasteiger partial charge in [-0.15, -0.1) is 0 Å². The lowest BCUT2D eigenvalue weighted by Crippen LogP contribution is -2.51. The summed E-state index contributed by atoms with van der Waals surface area (Å²) in [6, 6.07) is 11.3. The van der Waals surface area contributed by atoms with Crippen LogP contribution in [0.3, 0.4) is 0 Å². The first-order valence-corrected chi connectivity index (χ1v) is 14.5. The van der Waals surface area contributed by atoms with Gasteiger partial charge in [0, 0.05) is 68.0 Å². The molecule has 242 valence electrons.